The third-order valence-electron chi connectivity index (χ3n) is 2.30. The Bertz CT molecular complexity index is 418. The second-order valence-electron chi connectivity index (χ2n) is 4.35. The molecule has 0 atom stereocenters. The van der Waals surface area contributed by atoms with Crippen LogP contribution in [0.2, 0.25) is 5.02 Å². The van der Waals surface area contributed by atoms with E-state index >= 15 is 0 Å². The lowest BCUT2D eigenvalue weighted by atomic mass is 9.95. The number of esters is 1. The molecule has 0 aliphatic carbocycles. The normalized spacial score (nSPS) is 11.1. The van der Waals surface area contributed by atoms with Crippen LogP contribution in [0, 0.1) is 5.41 Å². The quantitative estimate of drug-likeness (QED) is 0.665. The fourth-order valence-corrected chi connectivity index (χ4v) is 1.42. The van der Waals surface area contributed by atoms with Crippen molar-refractivity contribution in [1.82, 2.24) is 0 Å². The number of hydrogen-bond donors (Lipinski definition) is 1. The molecule has 1 rings (SSSR count). The molecule has 0 aromatic heterocycles. The maximum atomic E-state index is 11.4. The van der Waals surface area contributed by atoms with E-state index in [1.54, 1.807) is 32.0 Å². The highest BCUT2D eigenvalue weighted by Gasteiger charge is 2.29. The Balaban J connectivity index is 2.70. The van der Waals surface area contributed by atoms with Crippen molar-refractivity contribution in [3.05, 3.63) is 23.2 Å². The van der Waals surface area contributed by atoms with Gasteiger partial charge in [0.25, 0.3) is 0 Å². The molecule has 0 heterocycles. The van der Waals surface area contributed by atoms with Gasteiger partial charge in [0, 0.05) is 5.02 Å². The Morgan fingerprint density at radius 3 is 2.65 bits per heavy atom. The Morgan fingerprint density at radius 1 is 1.47 bits per heavy atom. The van der Waals surface area contributed by atoms with Gasteiger partial charge < -0.3 is 15.2 Å². The summed E-state index contributed by atoms with van der Waals surface area (Å²) >= 11 is 5.77. The second kappa shape index (κ2) is 5.27. The number of carbonyl (C=O) groups excluding carboxylic acids is 1. The van der Waals surface area contributed by atoms with E-state index in [4.69, 9.17) is 22.1 Å². The lowest BCUT2D eigenvalue weighted by Gasteiger charge is -2.22. The van der Waals surface area contributed by atoms with E-state index in [1.165, 1.54) is 7.11 Å². The fraction of sp³-hybridized carbons (Fsp3) is 0.417. The molecule has 0 saturated heterocycles. The van der Waals surface area contributed by atoms with Gasteiger partial charge in [-0.05, 0) is 32.0 Å². The molecular formula is C12H16ClNO3. The zero-order valence-corrected chi connectivity index (χ0v) is 10.9. The number of ether oxygens (including phenoxy) is 2. The molecule has 0 spiro atoms. The van der Waals surface area contributed by atoms with Crippen LogP contribution in [0.1, 0.15) is 13.8 Å². The summed E-state index contributed by atoms with van der Waals surface area (Å²) in [6.07, 6.45) is 0. The summed E-state index contributed by atoms with van der Waals surface area (Å²) < 4.78 is 10.2. The van der Waals surface area contributed by atoms with Crippen molar-refractivity contribution >= 4 is 23.3 Å². The van der Waals surface area contributed by atoms with Crippen LogP contribution in [-0.2, 0) is 9.53 Å². The highest BCUT2D eigenvalue weighted by Crippen LogP contribution is 2.27. The smallest absolute Gasteiger partial charge is 0.314 e. The van der Waals surface area contributed by atoms with E-state index in [2.05, 4.69) is 4.74 Å². The van der Waals surface area contributed by atoms with Crippen molar-refractivity contribution in [2.24, 2.45) is 5.41 Å². The van der Waals surface area contributed by atoms with Crippen LogP contribution in [0.25, 0.3) is 0 Å². The summed E-state index contributed by atoms with van der Waals surface area (Å²) in [5.41, 5.74) is 5.46. The number of rotatable bonds is 4. The maximum absolute atomic E-state index is 11.4. The van der Waals surface area contributed by atoms with Gasteiger partial charge in [-0.3, -0.25) is 4.79 Å². The molecule has 0 radical (unpaired) electrons. The molecule has 1 aromatic carbocycles. The summed E-state index contributed by atoms with van der Waals surface area (Å²) in [6.45, 7) is 3.67. The number of benzene rings is 1. The predicted molar refractivity (Wildman–Crippen MR) is 67.2 cm³/mol. The van der Waals surface area contributed by atoms with E-state index in [-0.39, 0.29) is 12.6 Å². The molecular weight excluding hydrogens is 242 g/mol. The van der Waals surface area contributed by atoms with Crippen LogP contribution < -0.4 is 10.5 Å². The van der Waals surface area contributed by atoms with Crippen molar-refractivity contribution in [3.63, 3.8) is 0 Å². The number of hydrogen-bond acceptors (Lipinski definition) is 4. The highest BCUT2D eigenvalue weighted by molar-refractivity contribution is 6.30. The number of halogens is 1. The molecule has 4 nitrogen and oxygen atoms in total. The average Bonchev–Trinajstić information content (AvgIpc) is 2.26. The maximum Gasteiger partial charge on any atom is 0.314 e. The van der Waals surface area contributed by atoms with Crippen LogP contribution in [0.5, 0.6) is 5.75 Å². The van der Waals surface area contributed by atoms with Gasteiger partial charge in [0.1, 0.15) is 12.4 Å². The van der Waals surface area contributed by atoms with Gasteiger partial charge in [0.2, 0.25) is 0 Å². The number of nitrogens with two attached hydrogens (primary N) is 1. The van der Waals surface area contributed by atoms with Crippen LogP contribution in [0.4, 0.5) is 5.69 Å². The van der Waals surface area contributed by atoms with Crippen molar-refractivity contribution in [2.45, 2.75) is 13.8 Å². The molecule has 5 heteroatoms. The minimum Gasteiger partial charge on any atom is -0.490 e. The largest absolute Gasteiger partial charge is 0.490 e. The minimum atomic E-state index is -0.721. The molecule has 0 bridgehead atoms. The van der Waals surface area contributed by atoms with Crippen LogP contribution in [-0.4, -0.2) is 19.7 Å². The van der Waals surface area contributed by atoms with Crippen LogP contribution in [0.15, 0.2) is 18.2 Å². The molecule has 0 fully saturated rings. The van der Waals surface area contributed by atoms with Crippen molar-refractivity contribution in [3.8, 4) is 5.75 Å². The zero-order chi connectivity index (χ0) is 13.1. The van der Waals surface area contributed by atoms with Gasteiger partial charge >= 0.3 is 5.97 Å². The molecule has 17 heavy (non-hydrogen) atoms. The van der Waals surface area contributed by atoms with Crippen molar-refractivity contribution < 1.29 is 14.3 Å². The van der Waals surface area contributed by atoms with Crippen molar-refractivity contribution in [1.29, 1.82) is 0 Å². The second-order valence-corrected chi connectivity index (χ2v) is 4.78. The first-order valence-corrected chi connectivity index (χ1v) is 5.51. The van der Waals surface area contributed by atoms with Gasteiger partial charge in [-0.15, -0.1) is 0 Å². The molecule has 0 aliphatic rings. The first-order valence-electron chi connectivity index (χ1n) is 5.13. The predicted octanol–water partition coefficient (Wildman–Crippen LogP) is 2.50. The Morgan fingerprint density at radius 2 is 2.12 bits per heavy atom. The average molecular weight is 258 g/mol. The third kappa shape index (κ3) is 3.53. The Hall–Kier alpha value is -1.42. The van der Waals surface area contributed by atoms with E-state index < -0.39 is 5.41 Å². The monoisotopic (exact) mass is 257 g/mol. The Labute approximate surface area is 106 Å². The first kappa shape index (κ1) is 13.6. The van der Waals surface area contributed by atoms with Crippen LogP contribution >= 0.6 is 11.6 Å². The standard InChI is InChI=1S/C12H16ClNO3/c1-12(2,11(15)16-3)7-17-10-5-4-8(13)6-9(10)14/h4-6H,7,14H2,1-3H3. The van der Waals surface area contributed by atoms with E-state index in [9.17, 15) is 4.79 Å². The summed E-state index contributed by atoms with van der Waals surface area (Å²) in [5, 5.41) is 0.544. The van der Waals surface area contributed by atoms with Gasteiger partial charge in [-0.25, -0.2) is 0 Å². The van der Waals surface area contributed by atoms with Crippen molar-refractivity contribution in [2.75, 3.05) is 19.5 Å². The number of carbonyl (C=O) groups is 1. The fourth-order valence-electron chi connectivity index (χ4n) is 1.24. The molecule has 0 unspecified atom stereocenters. The van der Waals surface area contributed by atoms with Gasteiger partial charge in [-0.2, -0.15) is 0 Å². The summed E-state index contributed by atoms with van der Waals surface area (Å²) in [5.74, 6) is 0.177. The minimum absolute atomic E-state index is 0.186. The number of methoxy groups -OCH3 is 1. The third-order valence-corrected chi connectivity index (χ3v) is 2.53. The lowest BCUT2D eigenvalue weighted by Crippen LogP contribution is -2.32. The Kier molecular flexibility index (Phi) is 4.23. The van der Waals surface area contributed by atoms with Crippen LogP contribution in [0.3, 0.4) is 0 Å². The van der Waals surface area contributed by atoms with E-state index in [0.717, 1.165) is 0 Å². The van der Waals surface area contributed by atoms with E-state index in [0.29, 0.717) is 16.5 Å². The first-order chi connectivity index (χ1) is 7.86. The summed E-state index contributed by atoms with van der Waals surface area (Å²) in [7, 11) is 1.35. The zero-order valence-electron chi connectivity index (χ0n) is 10.1. The van der Waals surface area contributed by atoms with Gasteiger partial charge in [0.15, 0.2) is 0 Å². The molecule has 94 valence electrons. The molecule has 0 saturated carbocycles. The summed E-state index contributed by atoms with van der Waals surface area (Å²) in [4.78, 5) is 11.4. The molecule has 0 aliphatic heterocycles. The number of anilines is 1. The molecule has 1 aromatic rings. The summed E-state index contributed by atoms with van der Waals surface area (Å²) in [6, 6.07) is 4.95. The topological polar surface area (TPSA) is 61.5 Å². The SMILES string of the molecule is COC(=O)C(C)(C)COc1ccc(Cl)cc1N. The van der Waals surface area contributed by atoms with Gasteiger partial charge in [-0.1, -0.05) is 11.6 Å². The van der Waals surface area contributed by atoms with E-state index in [1.807, 2.05) is 0 Å². The molecule has 0 amide bonds. The molecule has 2 N–H and O–H groups in total. The lowest BCUT2D eigenvalue weighted by molar-refractivity contribution is -0.152. The van der Waals surface area contributed by atoms with Gasteiger partial charge in [0.05, 0.1) is 18.2 Å². The highest BCUT2D eigenvalue weighted by atomic mass is 35.5. The number of nitrogen functional groups attached to an aromatic ring is 1.